The summed E-state index contributed by atoms with van der Waals surface area (Å²) in [5.74, 6) is 0.779. The molecule has 0 unspecified atom stereocenters. The van der Waals surface area contributed by atoms with Crippen LogP contribution in [0.4, 0.5) is 10.2 Å². The van der Waals surface area contributed by atoms with Crippen LogP contribution in [0.1, 0.15) is 31.7 Å². The van der Waals surface area contributed by atoms with Crippen LogP contribution >= 0.6 is 11.3 Å². The van der Waals surface area contributed by atoms with Gasteiger partial charge in [-0.1, -0.05) is 0 Å². The zero-order chi connectivity index (χ0) is 22.5. The minimum absolute atomic E-state index is 0.198. The lowest BCUT2D eigenvalue weighted by atomic mass is 9.93. The van der Waals surface area contributed by atoms with E-state index in [1.807, 2.05) is 34.7 Å². The van der Waals surface area contributed by atoms with Gasteiger partial charge < -0.3 is 14.8 Å². The molecular formula is C24H22FN5O2S. The number of hydrogen-bond donors (Lipinski definition) is 2. The third kappa shape index (κ3) is 3.48. The standard InChI is InChI=1S/C24H22FN5O2S/c1-26-24-23-17(6-20(32-23)19-12-33-21-10-27-22(25)7-16(19)21)18(9-28-24)13-8-29-30(11-13)14-2-4-15(31)5-3-14/h6-12,14-15,31H,2-5H2,1H3,(H,26,28). The summed E-state index contributed by atoms with van der Waals surface area (Å²) in [6.45, 7) is 0. The van der Waals surface area contributed by atoms with Crippen molar-refractivity contribution in [3.05, 3.63) is 48.2 Å². The summed E-state index contributed by atoms with van der Waals surface area (Å²) < 4.78 is 23.0. The Hall–Kier alpha value is -3.30. The van der Waals surface area contributed by atoms with E-state index >= 15 is 0 Å². The minimum atomic E-state index is -0.515. The van der Waals surface area contributed by atoms with Gasteiger partial charge in [0.1, 0.15) is 5.76 Å². The fourth-order valence-electron chi connectivity index (χ4n) is 4.66. The van der Waals surface area contributed by atoms with Gasteiger partial charge in [-0.15, -0.1) is 11.3 Å². The molecule has 2 N–H and O–H groups in total. The van der Waals surface area contributed by atoms with Crippen LogP contribution in [0.15, 0.2) is 46.7 Å². The molecule has 0 saturated heterocycles. The van der Waals surface area contributed by atoms with Crippen LogP contribution in [0.25, 0.3) is 43.5 Å². The Kier molecular flexibility index (Phi) is 4.88. The molecule has 0 amide bonds. The van der Waals surface area contributed by atoms with Crippen LogP contribution in [0, 0.1) is 5.95 Å². The lowest BCUT2D eigenvalue weighted by Gasteiger charge is -2.25. The molecule has 1 saturated carbocycles. The van der Waals surface area contributed by atoms with Crippen LogP contribution in [0.5, 0.6) is 0 Å². The largest absolute Gasteiger partial charge is 0.452 e. The van der Waals surface area contributed by atoms with Crippen LogP contribution in [0.2, 0.25) is 0 Å². The number of pyridine rings is 2. The topological polar surface area (TPSA) is 89.0 Å². The second-order valence-electron chi connectivity index (χ2n) is 8.45. The average molecular weight is 464 g/mol. The van der Waals surface area contributed by atoms with E-state index < -0.39 is 5.95 Å². The predicted octanol–water partition coefficient (Wildman–Crippen LogP) is 5.62. The normalized spacial score (nSPS) is 18.9. The molecule has 0 spiro atoms. The molecule has 0 bridgehead atoms. The zero-order valence-electron chi connectivity index (χ0n) is 18.0. The lowest BCUT2D eigenvalue weighted by Crippen LogP contribution is -2.21. The van der Waals surface area contributed by atoms with Crippen molar-refractivity contribution < 1.29 is 13.9 Å². The molecule has 9 heteroatoms. The molecule has 1 aliphatic rings. The van der Waals surface area contributed by atoms with E-state index in [2.05, 4.69) is 20.4 Å². The van der Waals surface area contributed by atoms with E-state index in [1.54, 1.807) is 13.2 Å². The van der Waals surface area contributed by atoms with Crippen molar-refractivity contribution in [3.8, 4) is 22.5 Å². The highest BCUT2D eigenvalue weighted by Gasteiger charge is 2.23. The van der Waals surface area contributed by atoms with Crippen LogP contribution < -0.4 is 5.32 Å². The van der Waals surface area contributed by atoms with Crippen molar-refractivity contribution in [1.82, 2.24) is 19.7 Å². The van der Waals surface area contributed by atoms with Crippen molar-refractivity contribution in [3.63, 3.8) is 0 Å². The van der Waals surface area contributed by atoms with Crippen molar-refractivity contribution >= 4 is 38.2 Å². The zero-order valence-corrected chi connectivity index (χ0v) is 18.8. The van der Waals surface area contributed by atoms with Gasteiger partial charge in [-0.3, -0.25) is 4.68 Å². The maximum atomic E-state index is 13.8. The number of thiophene rings is 1. The van der Waals surface area contributed by atoms with Gasteiger partial charge in [0.15, 0.2) is 11.4 Å². The van der Waals surface area contributed by atoms with Gasteiger partial charge in [0.05, 0.1) is 23.0 Å². The van der Waals surface area contributed by atoms with Gasteiger partial charge in [-0.2, -0.15) is 9.49 Å². The molecule has 5 heterocycles. The summed E-state index contributed by atoms with van der Waals surface area (Å²) in [7, 11) is 1.81. The summed E-state index contributed by atoms with van der Waals surface area (Å²) >= 11 is 1.51. The molecule has 7 nitrogen and oxygen atoms in total. The fourth-order valence-corrected chi connectivity index (χ4v) is 5.56. The highest BCUT2D eigenvalue weighted by atomic mass is 32.1. The molecule has 33 heavy (non-hydrogen) atoms. The molecule has 0 aliphatic heterocycles. The first kappa shape index (κ1) is 20.3. The van der Waals surface area contributed by atoms with Gasteiger partial charge >= 0.3 is 0 Å². The van der Waals surface area contributed by atoms with Gasteiger partial charge in [0, 0.05) is 64.5 Å². The second-order valence-corrected chi connectivity index (χ2v) is 9.36. The molecule has 5 aromatic rings. The summed E-state index contributed by atoms with van der Waals surface area (Å²) in [6.07, 6.45) is 10.5. The van der Waals surface area contributed by atoms with Crippen LogP contribution in [-0.4, -0.2) is 38.0 Å². The van der Waals surface area contributed by atoms with Crippen LogP contribution in [0.3, 0.4) is 0 Å². The maximum absolute atomic E-state index is 13.8. The SMILES string of the molecule is CNc1ncc(-c2cnn(C3CCC(O)CC3)c2)c2cc(-c3csc4cnc(F)cc34)oc12. The number of aliphatic hydroxyl groups is 1. The molecule has 6 rings (SSSR count). The molecule has 168 valence electrons. The lowest BCUT2D eigenvalue weighted by molar-refractivity contribution is 0.108. The van der Waals surface area contributed by atoms with E-state index in [0.29, 0.717) is 23.2 Å². The highest BCUT2D eigenvalue weighted by molar-refractivity contribution is 7.17. The number of fused-ring (bicyclic) bond motifs is 2. The first-order chi connectivity index (χ1) is 16.1. The number of aromatic nitrogens is 4. The van der Waals surface area contributed by atoms with Gasteiger partial charge in [0.25, 0.3) is 0 Å². The summed E-state index contributed by atoms with van der Waals surface area (Å²) in [4.78, 5) is 8.32. The van der Waals surface area contributed by atoms with E-state index in [-0.39, 0.29) is 6.10 Å². The number of anilines is 1. The number of aliphatic hydroxyl groups excluding tert-OH is 1. The minimum Gasteiger partial charge on any atom is -0.452 e. The number of nitrogens with zero attached hydrogens (tertiary/aromatic N) is 4. The van der Waals surface area contributed by atoms with E-state index in [4.69, 9.17) is 4.42 Å². The van der Waals surface area contributed by atoms with Crippen molar-refractivity contribution in [2.75, 3.05) is 12.4 Å². The Bertz CT molecular complexity index is 1460. The van der Waals surface area contributed by atoms with Gasteiger partial charge in [-0.25, -0.2) is 9.97 Å². The first-order valence-corrected chi connectivity index (χ1v) is 11.8. The summed E-state index contributed by atoms with van der Waals surface area (Å²) in [5, 5.41) is 21.2. The van der Waals surface area contributed by atoms with E-state index in [9.17, 15) is 9.50 Å². The fraction of sp³-hybridized carbons (Fsp3) is 0.292. The van der Waals surface area contributed by atoms with Crippen LogP contribution in [-0.2, 0) is 0 Å². The average Bonchev–Trinajstić information content (AvgIpc) is 3.56. The molecule has 1 aliphatic carbocycles. The molecular weight excluding hydrogens is 441 g/mol. The predicted molar refractivity (Wildman–Crippen MR) is 127 cm³/mol. The maximum Gasteiger partial charge on any atom is 0.213 e. The molecule has 1 fully saturated rings. The Morgan fingerprint density at radius 3 is 2.76 bits per heavy atom. The van der Waals surface area contributed by atoms with Gasteiger partial charge in [0.2, 0.25) is 5.95 Å². The molecule has 0 aromatic carbocycles. The monoisotopic (exact) mass is 463 g/mol. The van der Waals surface area contributed by atoms with E-state index in [1.165, 1.54) is 17.4 Å². The number of rotatable bonds is 4. The Morgan fingerprint density at radius 1 is 1.09 bits per heavy atom. The number of nitrogens with one attached hydrogen (secondary N) is 1. The van der Waals surface area contributed by atoms with Crippen molar-refractivity contribution in [1.29, 1.82) is 0 Å². The van der Waals surface area contributed by atoms with Crippen molar-refractivity contribution in [2.45, 2.75) is 37.8 Å². The first-order valence-electron chi connectivity index (χ1n) is 11.0. The smallest absolute Gasteiger partial charge is 0.213 e. The second kappa shape index (κ2) is 7.93. The van der Waals surface area contributed by atoms with Gasteiger partial charge in [-0.05, 0) is 31.7 Å². The summed E-state index contributed by atoms with van der Waals surface area (Å²) in [5.41, 5.74) is 3.36. The quantitative estimate of drug-likeness (QED) is 0.336. The number of hydrogen-bond acceptors (Lipinski definition) is 7. The number of halogens is 1. The van der Waals surface area contributed by atoms with Crippen molar-refractivity contribution in [2.24, 2.45) is 0 Å². The Labute approximate surface area is 192 Å². The Balaban J connectivity index is 1.45. The highest BCUT2D eigenvalue weighted by Crippen LogP contribution is 2.41. The third-order valence-electron chi connectivity index (χ3n) is 6.44. The molecule has 5 aromatic heterocycles. The number of furan rings is 1. The molecule has 0 atom stereocenters. The van der Waals surface area contributed by atoms with E-state index in [0.717, 1.165) is 57.8 Å². The third-order valence-corrected chi connectivity index (χ3v) is 7.38. The summed E-state index contributed by atoms with van der Waals surface area (Å²) in [6, 6.07) is 3.72. The Morgan fingerprint density at radius 2 is 1.94 bits per heavy atom. The molecule has 0 radical (unpaired) electrons.